The van der Waals surface area contributed by atoms with E-state index < -0.39 is 29.3 Å². The highest BCUT2D eigenvalue weighted by molar-refractivity contribution is 5.85. The van der Waals surface area contributed by atoms with Crippen LogP contribution < -0.4 is 5.73 Å². The molecule has 0 aliphatic heterocycles. The fourth-order valence-electron chi connectivity index (χ4n) is 1.17. The maximum absolute atomic E-state index is 12.9. The number of aryl methyl sites for hydroxylation is 1. The average molecular weight is 260 g/mol. The van der Waals surface area contributed by atoms with Crippen molar-refractivity contribution in [1.82, 2.24) is 0 Å². The Morgan fingerprint density at radius 1 is 1.31 bits per heavy atom. The first-order valence-corrected chi connectivity index (χ1v) is 4.04. The van der Waals surface area contributed by atoms with Crippen LogP contribution >= 0.6 is 12.4 Å². The number of hydrogen-bond acceptors (Lipinski definition) is 2. The summed E-state index contributed by atoms with van der Waals surface area (Å²) in [6, 6.07) is -0.440. The van der Waals surface area contributed by atoms with Crippen LogP contribution in [0.15, 0.2) is 12.1 Å². The zero-order chi connectivity index (χ0) is 11.8. The van der Waals surface area contributed by atoms with Crippen molar-refractivity contribution in [3.63, 3.8) is 0 Å². The largest absolute Gasteiger partial charge is 0.505 e. The van der Waals surface area contributed by atoms with Gasteiger partial charge in [-0.1, -0.05) is 6.07 Å². The molecule has 0 fully saturated rings. The fraction of sp³-hybridized carbons (Fsp3) is 0.333. The highest BCUT2D eigenvalue weighted by Crippen LogP contribution is 2.36. The van der Waals surface area contributed by atoms with E-state index in [1.54, 1.807) is 0 Å². The van der Waals surface area contributed by atoms with Crippen LogP contribution in [0, 0.1) is 12.7 Å². The maximum atomic E-state index is 12.9. The molecule has 0 radical (unpaired) electrons. The Morgan fingerprint density at radius 3 is 2.25 bits per heavy atom. The molecule has 0 bridgehead atoms. The Kier molecular flexibility index (Phi) is 4.57. The molecule has 0 aliphatic carbocycles. The van der Waals surface area contributed by atoms with E-state index in [9.17, 15) is 17.6 Å². The number of phenolic OH excluding ortho intramolecular Hbond substituents is 1. The molecule has 2 nitrogen and oxygen atoms in total. The minimum atomic E-state index is -4.71. The van der Waals surface area contributed by atoms with E-state index in [-0.39, 0.29) is 18.0 Å². The molecule has 0 amide bonds. The molecular weight excluding hydrogens is 250 g/mol. The van der Waals surface area contributed by atoms with Crippen molar-refractivity contribution in [3.8, 4) is 5.75 Å². The minimum absolute atomic E-state index is 0. The molecule has 1 aromatic rings. The first-order valence-electron chi connectivity index (χ1n) is 4.04. The SMILES string of the molecule is Cc1cc(F)c(O)c([C@H](N)C(F)(F)F)c1.Cl. The van der Waals surface area contributed by atoms with Gasteiger partial charge in [-0.3, -0.25) is 0 Å². The number of nitrogens with two attached hydrogens (primary N) is 1. The lowest BCUT2D eigenvalue weighted by atomic mass is 10.0. The number of hydrogen-bond donors (Lipinski definition) is 2. The molecule has 3 N–H and O–H groups in total. The highest BCUT2D eigenvalue weighted by Gasteiger charge is 2.39. The lowest BCUT2D eigenvalue weighted by molar-refractivity contribution is -0.149. The third kappa shape index (κ3) is 2.99. The van der Waals surface area contributed by atoms with Gasteiger partial charge in [-0.05, 0) is 18.6 Å². The second-order valence-corrected chi connectivity index (χ2v) is 3.20. The van der Waals surface area contributed by atoms with Crippen molar-refractivity contribution in [2.24, 2.45) is 5.73 Å². The van der Waals surface area contributed by atoms with Gasteiger partial charge in [-0.25, -0.2) is 4.39 Å². The summed E-state index contributed by atoms with van der Waals surface area (Å²) in [7, 11) is 0. The predicted octanol–water partition coefficient (Wildman–Crippen LogP) is 2.82. The normalized spacial score (nSPS) is 13.1. The van der Waals surface area contributed by atoms with Crippen molar-refractivity contribution in [3.05, 3.63) is 29.1 Å². The molecule has 92 valence electrons. The van der Waals surface area contributed by atoms with Gasteiger partial charge in [0, 0.05) is 5.56 Å². The molecule has 1 aromatic carbocycles. The van der Waals surface area contributed by atoms with E-state index in [4.69, 9.17) is 10.8 Å². The summed E-state index contributed by atoms with van der Waals surface area (Å²) < 4.78 is 49.6. The summed E-state index contributed by atoms with van der Waals surface area (Å²) >= 11 is 0. The first kappa shape index (κ1) is 15.0. The molecule has 1 atom stereocenters. The van der Waals surface area contributed by atoms with Crippen molar-refractivity contribution in [2.45, 2.75) is 19.1 Å². The van der Waals surface area contributed by atoms with Crippen molar-refractivity contribution in [2.75, 3.05) is 0 Å². The first-order chi connectivity index (χ1) is 6.73. The Morgan fingerprint density at radius 2 is 1.81 bits per heavy atom. The molecule has 0 saturated carbocycles. The number of halogens is 5. The molecule has 0 aliphatic rings. The number of benzene rings is 1. The zero-order valence-corrected chi connectivity index (χ0v) is 8.99. The van der Waals surface area contributed by atoms with Crippen LogP contribution in [0.4, 0.5) is 17.6 Å². The van der Waals surface area contributed by atoms with Crippen molar-refractivity contribution < 1.29 is 22.7 Å². The number of aromatic hydroxyl groups is 1. The second-order valence-electron chi connectivity index (χ2n) is 3.20. The maximum Gasteiger partial charge on any atom is 0.407 e. The Bertz CT molecular complexity index is 381. The van der Waals surface area contributed by atoms with Gasteiger partial charge in [0.2, 0.25) is 0 Å². The Balaban J connectivity index is 0.00000225. The number of alkyl halides is 3. The van der Waals surface area contributed by atoms with Crippen molar-refractivity contribution >= 4 is 12.4 Å². The molecule has 0 aromatic heterocycles. The van der Waals surface area contributed by atoms with E-state index in [0.717, 1.165) is 12.1 Å². The summed E-state index contributed by atoms with van der Waals surface area (Å²) in [5.41, 5.74) is 4.47. The van der Waals surface area contributed by atoms with Crippen LogP contribution in [-0.4, -0.2) is 11.3 Å². The summed E-state index contributed by atoms with van der Waals surface area (Å²) in [6.07, 6.45) is -4.71. The molecule has 1 rings (SSSR count). The molecule has 7 heteroatoms. The standard InChI is InChI=1S/C9H9F4NO.ClH/c1-4-2-5(7(15)6(10)3-4)8(14)9(11,12)13;/h2-3,8,15H,14H2,1H3;1H/t8-;/m0./s1. The van der Waals surface area contributed by atoms with Crippen molar-refractivity contribution in [1.29, 1.82) is 0 Å². The highest BCUT2D eigenvalue weighted by atomic mass is 35.5. The van der Waals surface area contributed by atoms with Gasteiger partial charge in [-0.15, -0.1) is 12.4 Å². The predicted molar refractivity (Wildman–Crippen MR) is 53.0 cm³/mol. The number of rotatable bonds is 1. The lowest BCUT2D eigenvalue weighted by Gasteiger charge is -2.17. The molecule has 0 heterocycles. The van der Waals surface area contributed by atoms with E-state index in [1.807, 2.05) is 0 Å². The third-order valence-electron chi connectivity index (χ3n) is 1.92. The quantitative estimate of drug-likeness (QED) is 0.762. The molecule has 0 spiro atoms. The summed E-state index contributed by atoms with van der Waals surface area (Å²) in [5.74, 6) is -2.16. The van der Waals surface area contributed by atoms with Gasteiger partial charge in [0.05, 0.1) is 0 Å². The average Bonchev–Trinajstić information content (AvgIpc) is 2.08. The van der Waals surface area contributed by atoms with E-state index in [0.29, 0.717) is 0 Å². The fourth-order valence-corrected chi connectivity index (χ4v) is 1.17. The van der Waals surface area contributed by atoms with Crippen LogP contribution in [0.2, 0.25) is 0 Å². The van der Waals surface area contributed by atoms with Gasteiger partial charge >= 0.3 is 6.18 Å². The zero-order valence-electron chi connectivity index (χ0n) is 8.18. The summed E-state index contributed by atoms with van der Waals surface area (Å²) in [6.45, 7) is 1.41. The Hall–Kier alpha value is -1.01. The van der Waals surface area contributed by atoms with Gasteiger partial charge in [0.1, 0.15) is 6.04 Å². The van der Waals surface area contributed by atoms with Gasteiger partial charge in [0.25, 0.3) is 0 Å². The van der Waals surface area contributed by atoms with Crippen LogP contribution in [0.5, 0.6) is 5.75 Å². The minimum Gasteiger partial charge on any atom is -0.505 e. The smallest absolute Gasteiger partial charge is 0.407 e. The van der Waals surface area contributed by atoms with Gasteiger partial charge < -0.3 is 10.8 Å². The molecule has 16 heavy (non-hydrogen) atoms. The van der Waals surface area contributed by atoms with E-state index >= 15 is 0 Å². The lowest BCUT2D eigenvalue weighted by Crippen LogP contribution is -2.28. The second kappa shape index (κ2) is 4.88. The number of phenols is 1. The van der Waals surface area contributed by atoms with Crippen LogP contribution in [0.25, 0.3) is 0 Å². The van der Waals surface area contributed by atoms with Gasteiger partial charge in [0.15, 0.2) is 11.6 Å². The van der Waals surface area contributed by atoms with Crippen LogP contribution in [0.3, 0.4) is 0 Å². The Labute approximate surface area is 95.5 Å². The van der Waals surface area contributed by atoms with Gasteiger partial charge in [-0.2, -0.15) is 13.2 Å². The molecule has 0 unspecified atom stereocenters. The van der Waals surface area contributed by atoms with E-state index in [1.165, 1.54) is 6.92 Å². The monoisotopic (exact) mass is 259 g/mol. The summed E-state index contributed by atoms with van der Waals surface area (Å²) in [5, 5.41) is 9.10. The van der Waals surface area contributed by atoms with Crippen LogP contribution in [-0.2, 0) is 0 Å². The van der Waals surface area contributed by atoms with Crippen LogP contribution in [0.1, 0.15) is 17.2 Å². The molecule has 0 saturated heterocycles. The summed E-state index contributed by atoms with van der Waals surface area (Å²) in [4.78, 5) is 0. The van der Waals surface area contributed by atoms with E-state index in [2.05, 4.69) is 0 Å². The molecular formula is C9H10ClF4NO. The topological polar surface area (TPSA) is 46.2 Å². The third-order valence-corrected chi connectivity index (χ3v) is 1.92.